The molecule has 6 nitrogen and oxygen atoms in total. The van der Waals surface area contributed by atoms with Gasteiger partial charge >= 0.3 is 6.18 Å². The summed E-state index contributed by atoms with van der Waals surface area (Å²) in [5, 5.41) is 4.09. The van der Waals surface area contributed by atoms with Crippen molar-refractivity contribution < 1.29 is 22.7 Å². The molecule has 1 aromatic carbocycles. The van der Waals surface area contributed by atoms with Gasteiger partial charge < -0.3 is 4.74 Å². The van der Waals surface area contributed by atoms with Gasteiger partial charge in [0.1, 0.15) is 12.3 Å². The van der Waals surface area contributed by atoms with E-state index >= 15 is 0 Å². The molecule has 0 aliphatic carbocycles. The third-order valence-corrected chi connectivity index (χ3v) is 5.29. The predicted octanol–water partition coefficient (Wildman–Crippen LogP) is 5.19. The minimum Gasteiger partial charge on any atom is -0.470 e. The number of benzene rings is 1. The predicted molar refractivity (Wildman–Crippen MR) is 117 cm³/mol. The standard InChI is InChI=1S/C24H21F3N4O2/c1-15(16-7-4-3-5-8-16)11-18(32)14-33-20-12-19(24(25,26)27)21-22(17-9-6-10-28-13-17)30-31(2)23(21)29-20/h3-10,12-13,15H,11,14H2,1-2H3/t15-/m1/s1. The quantitative estimate of drug-likeness (QED) is 0.384. The van der Waals surface area contributed by atoms with E-state index in [4.69, 9.17) is 4.74 Å². The largest absolute Gasteiger partial charge is 0.470 e. The molecule has 0 bridgehead atoms. The van der Waals surface area contributed by atoms with Gasteiger partial charge in [-0.3, -0.25) is 9.78 Å². The number of ketones is 1. The number of aromatic nitrogens is 4. The van der Waals surface area contributed by atoms with Gasteiger partial charge in [-0.15, -0.1) is 0 Å². The molecule has 0 spiro atoms. The van der Waals surface area contributed by atoms with Gasteiger partial charge in [0, 0.05) is 37.5 Å². The van der Waals surface area contributed by atoms with Gasteiger partial charge in [0.05, 0.1) is 10.9 Å². The highest BCUT2D eigenvalue weighted by Crippen LogP contribution is 2.40. The number of hydrogen-bond donors (Lipinski definition) is 0. The van der Waals surface area contributed by atoms with E-state index in [2.05, 4.69) is 15.1 Å². The molecule has 0 saturated carbocycles. The number of nitrogens with zero attached hydrogens (tertiary/aromatic N) is 4. The van der Waals surface area contributed by atoms with Crippen LogP contribution in [0.5, 0.6) is 5.88 Å². The van der Waals surface area contributed by atoms with E-state index in [0.29, 0.717) is 5.56 Å². The van der Waals surface area contributed by atoms with Crippen LogP contribution in [0.2, 0.25) is 0 Å². The van der Waals surface area contributed by atoms with E-state index < -0.39 is 11.7 Å². The number of aryl methyl sites for hydroxylation is 1. The van der Waals surface area contributed by atoms with Crippen molar-refractivity contribution in [1.82, 2.24) is 19.7 Å². The molecule has 4 rings (SSSR count). The Morgan fingerprint density at radius 3 is 2.58 bits per heavy atom. The molecule has 3 aromatic heterocycles. The number of pyridine rings is 2. The average molecular weight is 454 g/mol. The Hall–Kier alpha value is -3.75. The van der Waals surface area contributed by atoms with Crippen LogP contribution in [0.4, 0.5) is 13.2 Å². The van der Waals surface area contributed by atoms with E-state index in [1.54, 1.807) is 12.1 Å². The van der Waals surface area contributed by atoms with Gasteiger partial charge in [-0.25, -0.2) is 4.68 Å². The Bertz CT molecular complexity index is 1270. The maximum atomic E-state index is 14.0. The van der Waals surface area contributed by atoms with Crippen molar-refractivity contribution in [3.8, 4) is 17.1 Å². The van der Waals surface area contributed by atoms with Gasteiger partial charge in [0.15, 0.2) is 11.4 Å². The Morgan fingerprint density at radius 1 is 1.15 bits per heavy atom. The van der Waals surface area contributed by atoms with Crippen molar-refractivity contribution in [3.63, 3.8) is 0 Å². The lowest BCUT2D eigenvalue weighted by molar-refractivity contribution is -0.136. The molecule has 4 aromatic rings. The van der Waals surface area contributed by atoms with Crippen molar-refractivity contribution in [2.24, 2.45) is 7.05 Å². The van der Waals surface area contributed by atoms with E-state index in [9.17, 15) is 18.0 Å². The molecule has 0 unspecified atom stereocenters. The number of carbonyl (C=O) groups excluding carboxylic acids is 1. The zero-order valence-corrected chi connectivity index (χ0v) is 18.0. The molecular weight excluding hydrogens is 433 g/mol. The highest BCUT2D eigenvalue weighted by atomic mass is 19.4. The number of hydrogen-bond acceptors (Lipinski definition) is 5. The Labute approximate surface area is 188 Å². The number of fused-ring (bicyclic) bond motifs is 1. The van der Waals surface area contributed by atoms with E-state index in [1.807, 2.05) is 37.3 Å². The van der Waals surface area contributed by atoms with Crippen LogP contribution in [0, 0.1) is 0 Å². The first-order valence-corrected chi connectivity index (χ1v) is 10.3. The SMILES string of the molecule is C[C@H](CC(=O)COc1cc(C(F)(F)F)c2c(-c3cccnc3)nn(C)c2n1)c1ccccc1. The monoisotopic (exact) mass is 454 g/mol. The Balaban J connectivity index is 1.61. The first kappa shape index (κ1) is 22.4. The van der Waals surface area contributed by atoms with Crippen LogP contribution in [0.15, 0.2) is 60.9 Å². The molecule has 0 saturated heterocycles. The zero-order valence-electron chi connectivity index (χ0n) is 18.0. The number of alkyl halides is 3. The summed E-state index contributed by atoms with van der Waals surface area (Å²) in [5.74, 6) is -0.554. The number of ether oxygens (including phenoxy) is 1. The fourth-order valence-electron chi connectivity index (χ4n) is 3.68. The van der Waals surface area contributed by atoms with Gasteiger partial charge in [-0.05, 0) is 23.6 Å². The fourth-order valence-corrected chi connectivity index (χ4v) is 3.68. The first-order valence-electron chi connectivity index (χ1n) is 10.3. The lowest BCUT2D eigenvalue weighted by Gasteiger charge is -2.13. The van der Waals surface area contributed by atoms with Crippen LogP contribution in [-0.4, -0.2) is 32.1 Å². The van der Waals surface area contributed by atoms with E-state index in [-0.39, 0.29) is 47.3 Å². The number of halogens is 3. The molecule has 170 valence electrons. The normalized spacial score (nSPS) is 12.6. The van der Waals surface area contributed by atoms with Crippen LogP contribution < -0.4 is 4.74 Å². The molecule has 33 heavy (non-hydrogen) atoms. The van der Waals surface area contributed by atoms with Crippen LogP contribution in [-0.2, 0) is 18.0 Å². The highest BCUT2D eigenvalue weighted by Gasteiger charge is 2.36. The van der Waals surface area contributed by atoms with Crippen molar-refractivity contribution in [2.75, 3.05) is 6.61 Å². The molecule has 0 amide bonds. The second-order valence-electron chi connectivity index (χ2n) is 7.76. The minimum atomic E-state index is -4.68. The van der Waals surface area contributed by atoms with Crippen molar-refractivity contribution in [2.45, 2.75) is 25.4 Å². The molecule has 0 fully saturated rings. The molecule has 0 radical (unpaired) electrons. The van der Waals surface area contributed by atoms with Crippen LogP contribution >= 0.6 is 0 Å². The summed E-state index contributed by atoms with van der Waals surface area (Å²) >= 11 is 0. The Kier molecular flexibility index (Phi) is 6.13. The van der Waals surface area contributed by atoms with Crippen molar-refractivity contribution in [3.05, 3.63) is 72.1 Å². The van der Waals surface area contributed by atoms with Crippen LogP contribution in [0.1, 0.15) is 30.4 Å². The lowest BCUT2D eigenvalue weighted by Crippen LogP contribution is -2.15. The number of carbonyl (C=O) groups is 1. The second-order valence-corrected chi connectivity index (χ2v) is 7.76. The van der Waals surface area contributed by atoms with E-state index in [0.717, 1.165) is 11.6 Å². The van der Waals surface area contributed by atoms with Gasteiger partial charge in [0.25, 0.3) is 0 Å². The molecule has 3 heterocycles. The minimum absolute atomic E-state index is 0.00350. The summed E-state index contributed by atoms with van der Waals surface area (Å²) in [5.41, 5.74) is 0.639. The molecule has 9 heteroatoms. The second kappa shape index (κ2) is 9.01. The molecular formula is C24H21F3N4O2. The van der Waals surface area contributed by atoms with Gasteiger partial charge in [-0.1, -0.05) is 37.3 Å². The molecule has 0 N–H and O–H groups in total. The summed E-state index contributed by atoms with van der Waals surface area (Å²) in [4.78, 5) is 20.6. The maximum absolute atomic E-state index is 14.0. The van der Waals surface area contributed by atoms with Crippen molar-refractivity contribution >= 4 is 16.8 Å². The smallest absolute Gasteiger partial charge is 0.417 e. The van der Waals surface area contributed by atoms with Gasteiger partial charge in [-0.2, -0.15) is 23.3 Å². The summed E-state index contributed by atoms with van der Waals surface area (Å²) in [6, 6.07) is 13.6. The summed E-state index contributed by atoms with van der Waals surface area (Å²) < 4.78 is 48.5. The summed E-state index contributed by atoms with van der Waals surface area (Å²) in [7, 11) is 1.51. The summed E-state index contributed by atoms with van der Waals surface area (Å²) in [6.45, 7) is 1.54. The number of rotatable bonds is 7. The zero-order chi connectivity index (χ0) is 23.6. The number of Topliss-reactive ketones (excluding diaryl/α,β-unsaturated/α-hetero) is 1. The fraction of sp³-hybridized carbons (Fsp3) is 0.250. The van der Waals surface area contributed by atoms with Crippen molar-refractivity contribution in [1.29, 1.82) is 0 Å². The van der Waals surface area contributed by atoms with Gasteiger partial charge in [0.2, 0.25) is 5.88 Å². The lowest BCUT2D eigenvalue weighted by atomic mass is 9.96. The summed E-state index contributed by atoms with van der Waals surface area (Å²) in [6.07, 6.45) is -1.50. The van der Waals surface area contributed by atoms with E-state index in [1.165, 1.54) is 24.1 Å². The third-order valence-electron chi connectivity index (χ3n) is 5.29. The topological polar surface area (TPSA) is 69.9 Å². The van der Waals surface area contributed by atoms with Crippen LogP contribution in [0.3, 0.4) is 0 Å². The Morgan fingerprint density at radius 2 is 1.91 bits per heavy atom. The third kappa shape index (κ3) is 4.87. The first-order chi connectivity index (χ1) is 15.7. The maximum Gasteiger partial charge on any atom is 0.417 e. The van der Waals surface area contributed by atoms with Crippen LogP contribution in [0.25, 0.3) is 22.3 Å². The average Bonchev–Trinajstić information content (AvgIpc) is 3.14. The molecule has 1 atom stereocenters. The highest BCUT2D eigenvalue weighted by molar-refractivity contribution is 5.94. The molecule has 0 aliphatic rings. The molecule has 0 aliphatic heterocycles.